The van der Waals surface area contributed by atoms with Crippen LogP contribution in [-0.4, -0.2) is 25.1 Å². The average molecular weight is 318 g/mol. The highest BCUT2D eigenvalue weighted by molar-refractivity contribution is 9.08. The molecule has 0 fully saturated rings. The maximum atomic E-state index is 11.3. The number of rotatable bonds is 5. The Morgan fingerprint density at radius 2 is 2.00 bits per heavy atom. The number of carbonyl (C=O) groups excluding carboxylic acids is 1. The van der Waals surface area contributed by atoms with Crippen LogP contribution < -0.4 is 4.74 Å². The zero-order valence-electron chi connectivity index (χ0n) is 9.94. The molecule has 0 N–H and O–H groups in total. The van der Waals surface area contributed by atoms with Crippen molar-refractivity contribution in [3.63, 3.8) is 0 Å². The molecule has 7 heteroatoms. The van der Waals surface area contributed by atoms with Crippen LogP contribution in [0.1, 0.15) is 11.1 Å². The molecule has 0 atom stereocenters. The van der Waals surface area contributed by atoms with Crippen molar-refractivity contribution in [1.82, 2.24) is 0 Å². The Morgan fingerprint density at radius 1 is 1.39 bits per heavy atom. The van der Waals surface area contributed by atoms with Crippen molar-refractivity contribution < 1.29 is 19.2 Å². The van der Waals surface area contributed by atoms with Crippen LogP contribution in [0, 0.1) is 10.1 Å². The lowest BCUT2D eigenvalue weighted by Gasteiger charge is -2.08. The van der Waals surface area contributed by atoms with E-state index in [-0.39, 0.29) is 17.7 Å². The van der Waals surface area contributed by atoms with Gasteiger partial charge in [-0.15, -0.1) is 0 Å². The molecule has 0 aliphatic rings. The Labute approximate surface area is 112 Å². The van der Waals surface area contributed by atoms with Gasteiger partial charge in [-0.2, -0.15) is 0 Å². The minimum atomic E-state index is -0.535. The van der Waals surface area contributed by atoms with Crippen LogP contribution in [0.15, 0.2) is 12.1 Å². The van der Waals surface area contributed by atoms with E-state index in [0.29, 0.717) is 16.6 Å². The number of esters is 1. The second-order valence-electron chi connectivity index (χ2n) is 3.44. The van der Waals surface area contributed by atoms with E-state index >= 15 is 0 Å². The lowest BCUT2D eigenvalue weighted by Crippen LogP contribution is -2.08. The number of nitro benzene ring substituents is 1. The molecule has 0 amide bonds. The number of benzene rings is 1. The van der Waals surface area contributed by atoms with Crippen molar-refractivity contribution in [2.75, 3.05) is 14.2 Å². The van der Waals surface area contributed by atoms with Gasteiger partial charge in [0.25, 0.3) is 5.69 Å². The van der Waals surface area contributed by atoms with Crippen LogP contribution in [0.25, 0.3) is 0 Å². The number of hydrogen-bond acceptors (Lipinski definition) is 5. The second-order valence-corrected chi connectivity index (χ2v) is 4.00. The molecule has 0 aromatic heterocycles. The number of halogens is 1. The number of nitro groups is 1. The molecule has 18 heavy (non-hydrogen) atoms. The molecule has 0 saturated heterocycles. The average Bonchev–Trinajstić information content (AvgIpc) is 2.36. The summed E-state index contributed by atoms with van der Waals surface area (Å²) >= 11 is 3.18. The summed E-state index contributed by atoms with van der Waals surface area (Å²) in [4.78, 5) is 21.8. The molecule has 1 aromatic carbocycles. The Kier molecular flexibility index (Phi) is 5.08. The number of methoxy groups -OCH3 is 2. The van der Waals surface area contributed by atoms with Crippen molar-refractivity contribution in [3.8, 4) is 5.75 Å². The molecule has 98 valence electrons. The summed E-state index contributed by atoms with van der Waals surface area (Å²) in [6, 6.07) is 3.04. The van der Waals surface area contributed by atoms with E-state index in [0.717, 1.165) is 0 Å². The van der Waals surface area contributed by atoms with E-state index in [4.69, 9.17) is 4.74 Å². The van der Waals surface area contributed by atoms with E-state index in [2.05, 4.69) is 20.7 Å². The Morgan fingerprint density at radius 3 is 2.44 bits per heavy atom. The van der Waals surface area contributed by atoms with Gasteiger partial charge >= 0.3 is 5.97 Å². The van der Waals surface area contributed by atoms with Crippen molar-refractivity contribution in [2.45, 2.75) is 11.8 Å². The summed E-state index contributed by atoms with van der Waals surface area (Å²) in [7, 11) is 2.70. The normalized spacial score (nSPS) is 9.94. The highest BCUT2D eigenvalue weighted by Gasteiger charge is 2.22. The maximum absolute atomic E-state index is 11.3. The second kappa shape index (κ2) is 6.34. The molecule has 0 saturated carbocycles. The lowest BCUT2D eigenvalue weighted by atomic mass is 10.0. The van der Waals surface area contributed by atoms with Gasteiger partial charge in [0.05, 0.1) is 25.6 Å². The quantitative estimate of drug-likeness (QED) is 0.360. The zero-order chi connectivity index (χ0) is 13.7. The van der Waals surface area contributed by atoms with Crippen molar-refractivity contribution in [2.24, 2.45) is 0 Å². The van der Waals surface area contributed by atoms with Crippen LogP contribution in [-0.2, 0) is 21.3 Å². The smallest absolute Gasteiger partial charge is 0.310 e. The number of carbonyl (C=O) groups is 1. The first-order valence-corrected chi connectivity index (χ1v) is 6.12. The maximum Gasteiger partial charge on any atom is 0.310 e. The third-order valence-corrected chi connectivity index (χ3v) is 2.97. The van der Waals surface area contributed by atoms with E-state index in [1.54, 1.807) is 6.07 Å². The third kappa shape index (κ3) is 3.19. The SMILES string of the molecule is COC(=O)Cc1cc(OC)cc(CBr)c1[N+](=O)[O-]. The van der Waals surface area contributed by atoms with Gasteiger partial charge in [-0.3, -0.25) is 14.9 Å². The number of hydrogen-bond donors (Lipinski definition) is 0. The fourth-order valence-electron chi connectivity index (χ4n) is 1.54. The predicted octanol–water partition coefficient (Wildman–Crippen LogP) is 2.21. The van der Waals surface area contributed by atoms with Gasteiger partial charge in [0, 0.05) is 16.5 Å². The number of nitrogens with zero attached hydrogens (tertiary/aromatic N) is 1. The molecular weight excluding hydrogens is 306 g/mol. The molecule has 0 bridgehead atoms. The summed E-state index contributed by atoms with van der Waals surface area (Å²) < 4.78 is 9.57. The van der Waals surface area contributed by atoms with Gasteiger partial charge in [0.2, 0.25) is 0 Å². The summed E-state index contributed by atoms with van der Waals surface area (Å²) in [6.45, 7) is 0. The first-order chi connectivity index (χ1) is 8.53. The fraction of sp³-hybridized carbons (Fsp3) is 0.364. The molecule has 0 spiro atoms. The predicted molar refractivity (Wildman–Crippen MR) is 68.0 cm³/mol. The summed E-state index contributed by atoms with van der Waals surface area (Å²) in [5, 5.41) is 11.4. The van der Waals surface area contributed by atoms with E-state index in [9.17, 15) is 14.9 Å². The molecule has 0 radical (unpaired) electrons. The summed E-state index contributed by atoms with van der Waals surface area (Å²) in [6.07, 6.45) is -0.163. The van der Waals surface area contributed by atoms with Gasteiger partial charge in [0.1, 0.15) is 5.75 Å². The molecule has 1 aromatic rings. The van der Waals surface area contributed by atoms with Gasteiger partial charge < -0.3 is 9.47 Å². The monoisotopic (exact) mass is 317 g/mol. The topological polar surface area (TPSA) is 78.7 Å². The lowest BCUT2D eigenvalue weighted by molar-refractivity contribution is -0.386. The van der Waals surface area contributed by atoms with Crippen LogP contribution >= 0.6 is 15.9 Å². The Balaban J connectivity index is 3.34. The van der Waals surface area contributed by atoms with Crippen molar-refractivity contribution in [3.05, 3.63) is 33.4 Å². The first kappa shape index (κ1) is 14.4. The fourth-order valence-corrected chi connectivity index (χ4v) is 1.97. The van der Waals surface area contributed by atoms with E-state index in [1.807, 2.05) is 0 Å². The first-order valence-electron chi connectivity index (χ1n) is 5.00. The highest BCUT2D eigenvalue weighted by atomic mass is 79.9. The summed E-state index contributed by atoms with van der Waals surface area (Å²) in [5.74, 6) is -0.0687. The largest absolute Gasteiger partial charge is 0.497 e. The van der Waals surface area contributed by atoms with Crippen LogP contribution in [0.3, 0.4) is 0 Å². The summed E-state index contributed by atoms with van der Waals surface area (Å²) in [5.41, 5.74) is 0.650. The van der Waals surface area contributed by atoms with Gasteiger partial charge in [-0.1, -0.05) is 15.9 Å². The van der Waals surface area contributed by atoms with Crippen LogP contribution in [0.4, 0.5) is 5.69 Å². The Bertz CT molecular complexity index is 475. The van der Waals surface area contributed by atoms with Crippen LogP contribution in [0.2, 0.25) is 0 Å². The third-order valence-electron chi connectivity index (χ3n) is 2.37. The standard InChI is InChI=1S/C11H12BrNO5/c1-17-9-3-7(5-10(14)18-2)11(13(15)16)8(4-9)6-12/h3-4H,5-6H2,1-2H3. The molecule has 1 rings (SSSR count). The van der Waals surface area contributed by atoms with Crippen molar-refractivity contribution in [1.29, 1.82) is 0 Å². The molecule has 0 aliphatic heterocycles. The van der Waals surface area contributed by atoms with Gasteiger partial charge in [-0.05, 0) is 12.1 Å². The number of ether oxygens (including phenoxy) is 2. The molecular formula is C11H12BrNO5. The minimum Gasteiger partial charge on any atom is -0.497 e. The van der Waals surface area contributed by atoms with Gasteiger partial charge in [-0.25, -0.2) is 0 Å². The molecule has 0 aliphatic carbocycles. The van der Waals surface area contributed by atoms with Gasteiger partial charge in [0.15, 0.2) is 0 Å². The zero-order valence-corrected chi connectivity index (χ0v) is 11.5. The van der Waals surface area contributed by atoms with Crippen LogP contribution in [0.5, 0.6) is 5.75 Å². The minimum absolute atomic E-state index is 0.0851. The van der Waals surface area contributed by atoms with Crippen molar-refractivity contribution >= 4 is 27.6 Å². The van der Waals surface area contributed by atoms with E-state index in [1.165, 1.54) is 20.3 Å². The molecule has 0 heterocycles. The Hall–Kier alpha value is -1.63. The molecule has 6 nitrogen and oxygen atoms in total. The van der Waals surface area contributed by atoms with E-state index < -0.39 is 10.9 Å². The molecule has 0 unspecified atom stereocenters. The highest BCUT2D eigenvalue weighted by Crippen LogP contribution is 2.31. The number of alkyl halides is 1.